The van der Waals surface area contributed by atoms with Crippen LogP contribution in [0.15, 0.2) is 12.2 Å². The average Bonchev–Trinajstić information content (AvgIpc) is 2.08. The van der Waals surface area contributed by atoms with Crippen LogP contribution in [-0.4, -0.2) is 23.4 Å². The van der Waals surface area contributed by atoms with Gasteiger partial charge in [-0.2, -0.15) is 0 Å². The Morgan fingerprint density at radius 3 is 2.67 bits per heavy atom. The maximum atomic E-state index is 11.6. The van der Waals surface area contributed by atoms with Gasteiger partial charge in [0.1, 0.15) is 0 Å². The summed E-state index contributed by atoms with van der Waals surface area (Å²) in [6.45, 7) is 9.54. The van der Waals surface area contributed by atoms with Crippen molar-refractivity contribution in [1.29, 1.82) is 0 Å². The molecule has 0 spiro atoms. The predicted molar refractivity (Wildman–Crippen MR) is 61.4 cm³/mol. The Labute approximate surface area is 92.3 Å². The minimum Gasteiger partial charge on any atom is -0.339 e. The van der Waals surface area contributed by atoms with E-state index in [0.29, 0.717) is 6.04 Å². The number of amides is 1. The molecule has 84 valence electrons. The Balaban J connectivity index is 2.39. The van der Waals surface area contributed by atoms with Crippen LogP contribution in [0.2, 0.25) is 0 Å². The molecule has 2 unspecified atom stereocenters. The summed E-state index contributed by atoms with van der Waals surface area (Å²) in [6.07, 6.45) is 6.72. The van der Waals surface area contributed by atoms with Crippen molar-refractivity contribution in [2.45, 2.75) is 46.6 Å². The fourth-order valence-corrected chi connectivity index (χ4v) is 3.15. The molecular formula is C13H21NO. The van der Waals surface area contributed by atoms with Gasteiger partial charge in [0, 0.05) is 19.5 Å². The summed E-state index contributed by atoms with van der Waals surface area (Å²) >= 11 is 0. The summed E-state index contributed by atoms with van der Waals surface area (Å²) in [4.78, 5) is 13.7. The van der Waals surface area contributed by atoms with Crippen LogP contribution in [0.25, 0.3) is 0 Å². The van der Waals surface area contributed by atoms with Gasteiger partial charge in [-0.25, -0.2) is 0 Å². The van der Waals surface area contributed by atoms with Crippen molar-refractivity contribution in [2.75, 3.05) is 6.54 Å². The molecule has 0 aromatic rings. The molecule has 0 aromatic carbocycles. The lowest BCUT2D eigenvalue weighted by atomic mass is 9.55. The van der Waals surface area contributed by atoms with Crippen molar-refractivity contribution in [2.24, 2.45) is 10.8 Å². The van der Waals surface area contributed by atoms with E-state index in [0.717, 1.165) is 19.4 Å². The average molecular weight is 207 g/mol. The first-order valence-electron chi connectivity index (χ1n) is 5.83. The molecule has 0 saturated carbocycles. The third-order valence-corrected chi connectivity index (χ3v) is 4.80. The SMILES string of the molecule is CC(=O)N1CCC2(C)C=CCC1C2(C)C. The number of carbonyl (C=O) groups is 1. The quantitative estimate of drug-likeness (QED) is 0.559. The normalized spacial score (nSPS) is 37.9. The van der Waals surface area contributed by atoms with Gasteiger partial charge in [-0.3, -0.25) is 4.79 Å². The second kappa shape index (κ2) is 3.10. The summed E-state index contributed by atoms with van der Waals surface area (Å²) < 4.78 is 0. The molecule has 2 aliphatic rings. The molecule has 2 nitrogen and oxygen atoms in total. The fourth-order valence-electron chi connectivity index (χ4n) is 3.15. The number of piperidine rings is 1. The largest absolute Gasteiger partial charge is 0.339 e. The van der Waals surface area contributed by atoms with Gasteiger partial charge >= 0.3 is 0 Å². The summed E-state index contributed by atoms with van der Waals surface area (Å²) in [5.41, 5.74) is 0.466. The van der Waals surface area contributed by atoms with Crippen molar-refractivity contribution >= 4 is 5.91 Å². The zero-order valence-electron chi connectivity index (χ0n) is 10.2. The van der Waals surface area contributed by atoms with E-state index in [1.165, 1.54) is 0 Å². The molecule has 1 saturated heterocycles. The van der Waals surface area contributed by atoms with E-state index in [1.807, 2.05) is 0 Å². The minimum atomic E-state index is 0.200. The van der Waals surface area contributed by atoms with Crippen LogP contribution in [0, 0.1) is 10.8 Å². The number of allylic oxidation sites excluding steroid dienone is 1. The smallest absolute Gasteiger partial charge is 0.219 e. The maximum absolute atomic E-state index is 11.6. The van der Waals surface area contributed by atoms with E-state index >= 15 is 0 Å². The number of hydrogen-bond acceptors (Lipinski definition) is 1. The highest BCUT2D eigenvalue weighted by atomic mass is 16.2. The van der Waals surface area contributed by atoms with Gasteiger partial charge in [0.05, 0.1) is 0 Å². The predicted octanol–water partition coefficient (Wildman–Crippen LogP) is 2.60. The molecule has 1 aliphatic carbocycles. The van der Waals surface area contributed by atoms with Gasteiger partial charge in [-0.05, 0) is 23.7 Å². The fraction of sp³-hybridized carbons (Fsp3) is 0.769. The first kappa shape index (κ1) is 10.7. The van der Waals surface area contributed by atoms with Gasteiger partial charge in [0.2, 0.25) is 5.91 Å². The third-order valence-electron chi connectivity index (χ3n) is 4.80. The number of rotatable bonds is 0. The highest BCUT2D eigenvalue weighted by Crippen LogP contribution is 2.53. The Morgan fingerprint density at radius 2 is 2.07 bits per heavy atom. The molecule has 2 bridgehead atoms. The lowest BCUT2D eigenvalue weighted by molar-refractivity contribution is -0.142. The lowest BCUT2D eigenvalue weighted by Crippen LogP contribution is -2.60. The minimum absolute atomic E-state index is 0.200. The summed E-state index contributed by atoms with van der Waals surface area (Å²) in [6, 6.07) is 0.388. The Kier molecular flexibility index (Phi) is 2.21. The first-order valence-corrected chi connectivity index (χ1v) is 5.83. The first-order chi connectivity index (χ1) is 6.88. The maximum Gasteiger partial charge on any atom is 0.219 e. The van der Waals surface area contributed by atoms with Crippen LogP contribution in [0.1, 0.15) is 40.5 Å². The van der Waals surface area contributed by atoms with Crippen molar-refractivity contribution < 1.29 is 4.79 Å². The number of likely N-dealkylation sites (tertiary alicyclic amines) is 1. The van der Waals surface area contributed by atoms with E-state index in [2.05, 4.69) is 37.8 Å². The van der Waals surface area contributed by atoms with Gasteiger partial charge < -0.3 is 4.90 Å². The van der Waals surface area contributed by atoms with Gasteiger partial charge in [0.15, 0.2) is 0 Å². The number of nitrogens with zero attached hydrogens (tertiary/aromatic N) is 1. The molecule has 1 fully saturated rings. The van der Waals surface area contributed by atoms with Crippen LogP contribution >= 0.6 is 0 Å². The molecule has 0 radical (unpaired) electrons. The second-order valence-corrected chi connectivity index (χ2v) is 5.76. The topological polar surface area (TPSA) is 20.3 Å². The number of hydrogen-bond donors (Lipinski definition) is 0. The zero-order chi connectivity index (χ0) is 11.3. The molecule has 2 atom stereocenters. The molecule has 1 amide bonds. The van der Waals surface area contributed by atoms with E-state index in [-0.39, 0.29) is 16.7 Å². The molecule has 2 heteroatoms. The Hall–Kier alpha value is -0.790. The molecule has 2 rings (SSSR count). The van der Waals surface area contributed by atoms with Crippen molar-refractivity contribution in [3.63, 3.8) is 0 Å². The molecule has 1 aliphatic heterocycles. The van der Waals surface area contributed by atoms with E-state index in [4.69, 9.17) is 0 Å². The molecule has 15 heavy (non-hydrogen) atoms. The highest BCUT2D eigenvalue weighted by Gasteiger charge is 2.52. The molecule has 0 N–H and O–H groups in total. The second-order valence-electron chi connectivity index (χ2n) is 5.76. The van der Waals surface area contributed by atoms with Crippen molar-refractivity contribution in [3.8, 4) is 0 Å². The molecular weight excluding hydrogens is 186 g/mol. The lowest BCUT2D eigenvalue weighted by Gasteiger charge is -2.58. The van der Waals surface area contributed by atoms with Crippen LogP contribution < -0.4 is 0 Å². The van der Waals surface area contributed by atoms with Crippen LogP contribution in [0.4, 0.5) is 0 Å². The summed E-state index contributed by atoms with van der Waals surface area (Å²) in [7, 11) is 0. The Morgan fingerprint density at radius 1 is 1.40 bits per heavy atom. The van der Waals surface area contributed by atoms with Crippen molar-refractivity contribution in [3.05, 3.63) is 12.2 Å². The van der Waals surface area contributed by atoms with E-state index in [9.17, 15) is 4.79 Å². The van der Waals surface area contributed by atoms with E-state index in [1.54, 1.807) is 6.92 Å². The summed E-state index contributed by atoms with van der Waals surface area (Å²) in [5, 5.41) is 0. The van der Waals surface area contributed by atoms with Crippen molar-refractivity contribution in [1.82, 2.24) is 4.90 Å². The van der Waals surface area contributed by atoms with Crippen LogP contribution in [-0.2, 0) is 4.79 Å². The standard InChI is InChI=1S/C13H21NO/c1-10(15)14-9-8-13(4)7-5-6-11(14)12(13,2)3/h5,7,11H,6,8-9H2,1-4H3. The Bertz CT molecular complexity index is 318. The van der Waals surface area contributed by atoms with E-state index < -0.39 is 0 Å². The number of fused-ring (bicyclic) bond motifs is 2. The monoisotopic (exact) mass is 207 g/mol. The zero-order valence-corrected chi connectivity index (χ0v) is 10.2. The molecule has 0 aromatic heterocycles. The molecule has 1 heterocycles. The van der Waals surface area contributed by atoms with Gasteiger partial charge in [0.25, 0.3) is 0 Å². The van der Waals surface area contributed by atoms with Gasteiger partial charge in [-0.1, -0.05) is 32.9 Å². The third kappa shape index (κ3) is 1.34. The highest BCUT2D eigenvalue weighted by molar-refractivity contribution is 5.74. The number of carbonyl (C=O) groups excluding carboxylic acids is 1. The van der Waals surface area contributed by atoms with Gasteiger partial charge in [-0.15, -0.1) is 0 Å². The van der Waals surface area contributed by atoms with Crippen LogP contribution in [0.5, 0.6) is 0 Å². The summed E-state index contributed by atoms with van der Waals surface area (Å²) in [5.74, 6) is 0.227. The van der Waals surface area contributed by atoms with Crippen LogP contribution in [0.3, 0.4) is 0 Å².